The van der Waals surface area contributed by atoms with Crippen LogP contribution in [0, 0.1) is 0 Å². The van der Waals surface area contributed by atoms with Gasteiger partial charge in [-0.3, -0.25) is 0 Å². The van der Waals surface area contributed by atoms with Crippen molar-refractivity contribution < 1.29 is 4.79 Å². The van der Waals surface area contributed by atoms with Gasteiger partial charge in [0.1, 0.15) is 5.69 Å². The number of nitrogens with zero attached hydrogens (tertiary/aromatic N) is 4. The Morgan fingerprint density at radius 2 is 1.30 bits per heavy atom. The van der Waals surface area contributed by atoms with Crippen molar-refractivity contribution in [2.24, 2.45) is 26.2 Å². The highest BCUT2D eigenvalue weighted by Gasteiger charge is 2.04. The number of hydrogen-bond acceptors (Lipinski definition) is 6. The molecule has 0 atom stereocenters. The second-order valence-corrected chi connectivity index (χ2v) is 5.52. The molecule has 0 fully saturated rings. The van der Waals surface area contributed by atoms with Gasteiger partial charge in [-0.05, 0) is 54.6 Å². The molecule has 0 bridgehead atoms. The summed E-state index contributed by atoms with van der Waals surface area (Å²) in [6.07, 6.45) is 0. The van der Waals surface area contributed by atoms with E-state index in [1.54, 1.807) is 42.5 Å². The fourth-order valence-corrected chi connectivity index (χ4v) is 2.18. The van der Waals surface area contributed by atoms with Crippen molar-refractivity contribution >= 4 is 40.2 Å². The number of nitrogens with two attached hydrogens (primary N) is 2. The van der Waals surface area contributed by atoms with Gasteiger partial charge in [-0.2, -0.15) is 15.3 Å². The highest BCUT2D eigenvalue weighted by molar-refractivity contribution is 5.92. The number of benzene rings is 3. The standard InChI is InChI=1S/C19H17N7O/c20-13-6-11-17(18(12-13)22-19(21)27)26-25-16-9-7-15(8-10-16)24-23-14-4-2-1-3-5-14/h1-12H,20H2,(H3,21,22,27). The van der Waals surface area contributed by atoms with Gasteiger partial charge in [0.25, 0.3) is 0 Å². The smallest absolute Gasteiger partial charge is 0.316 e. The van der Waals surface area contributed by atoms with E-state index in [0.29, 0.717) is 28.4 Å². The molecule has 0 aliphatic carbocycles. The van der Waals surface area contributed by atoms with Gasteiger partial charge in [-0.1, -0.05) is 18.2 Å². The first-order valence-electron chi connectivity index (χ1n) is 8.05. The van der Waals surface area contributed by atoms with Crippen molar-refractivity contribution in [2.75, 3.05) is 11.1 Å². The molecule has 134 valence electrons. The van der Waals surface area contributed by atoms with Crippen molar-refractivity contribution in [2.45, 2.75) is 0 Å². The van der Waals surface area contributed by atoms with Crippen LogP contribution in [0.25, 0.3) is 0 Å². The van der Waals surface area contributed by atoms with E-state index in [-0.39, 0.29) is 0 Å². The lowest BCUT2D eigenvalue weighted by molar-refractivity contribution is 0.259. The molecule has 3 rings (SSSR count). The molecule has 0 heterocycles. The first kappa shape index (κ1) is 17.7. The van der Waals surface area contributed by atoms with Gasteiger partial charge in [-0.15, -0.1) is 5.11 Å². The maximum atomic E-state index is 11.1. The monoisotopic (exact) mass is 359 g/mol. The highest BCUT2D eigenvalue weighted by atomic mass is 16.2. The van der Waals surface area contributed by atoms with Gasteiger partial charge in [0.2, 0.25) is 0 Å². The molecule has 8 heteroatoms. The van der Waals surface area contributed by atoms with Crippen LogP contribution in [-0.2, 0) is 0 Å². The topological polar surface area (TPSA) is 131 Å². The number of carbonyl (C=O) groups excluding carboxylic acids is 1. The maximum Gasteiger partial charge on any atom is 0.316 e. The van der Waals surface area contributed by atoms with Crippen LogP contribution in [-0.4, -0.2) is 6.03 Å². The lowest BCUT2D eigenvalue weighted by atomic mass is 10.2. The second kappa shape index (κ2) is 8.34. The second-order valence-electron chi connectivity index (χ2n) is 5.52. The molecule has 3 aromatic rings. The largest absolute Gasteiger partial charge is 0.399 e. The van der Waals surface area contributed by atoms with Gasteiger partial charge >= 0.3 is 6.03 Å². The minimum absolute atomic E-state index is 0.388. The summed E-state index contributed by atoms with van der Waals surface area (Å²) in [5.74, 6) is 0. The third-order valence-electron chi connectivity index (χ3n) is 3.44. The van der Waals surface area contributed by atoms with E-state index in [1.807, 2.05) is 30.3 Å². The Balaban J connectivity index is 1.73. The van der Waals surface area contributed by atoms with Crippen LogP contribution in [0.2, 0.25) is 0 Å². The van der Waals surface area contributed by atoms with Gasteiger partial charge < -0.3 is 16.8 Å². The van der Waals surface area contributed by atoms with E-state index < -0.39 is 6.03 Å². The van der Waals surface area contributed by atoms with Crippen LogP contribution in [0.1, 0.15) is 0 Å². The molecule has 5 N–H and O–H groups in total. The third kappa shape index (κ3) is 5.20. The highest BCUT2D eigenvalue weighted by Crippen LogP contribution is 2.29. The van der Waals surface area contributed by atoms with Crippen molar-refractivity contribution in [3.8, 4) is 0 Å². The van der Waals surface area contributed by atoms with E-state index in [2.05, 4.69) is 25.8 Å². The fourth-order valence-electron chi connectivity index (χ4n) is 2.18. The summed E-state index contributed by atoms with van der Waals surface area (Å²) >= 11 is 0. The van der Waals surface area contributed by atoms with Gasteiger partial charge in [0, 0.05) is 5.69 Å². The van der Waals surface area contributed by atoms with Gasteiger partial charge in [0.15, 0.2) is 0 Å². The fraction of sp³-hybridized carbons (Fsp3) is 0. The predicted molar refractivity (Wildman–Crippen MR) is 105 cm³/mol. The number of rotatable bonds is 5. The Bertz CT molecular complexity index is 983. The average molecular weight is 359 g/mol. The molecule has 0 aliphatic heterocycles. The Hall–Kier alpha value is -4.07. The van der Waals surface area contributed by atoms with Crippen LogP contribution in [0.5, 0.6) is 0 Å². The first-order chi connectivity index (χ1) is 13.1. The Morgan fingerprint density at radius 1 is 0.741 bits per heavy atom. The molecular weight excluding hydrogens is 342 g/mol. The molecule has 2 amide bonds. The Kier molecular flexibility index (Phi) is 5.48. The summed E-state index contributed by atoms with van der Waals surface area (Å²) < 4.78 is 0. The number of azo groups is 2. The summed E-state index contributed by atoms with van der Waals surface area (Å²) in [6.45, 7) is 0. The minimum atomic E-state index is -0.704. The number of nitrogen functional groups attached to an aromatic ring is 1. The lowest BCUT2D eigenvalue weighted by Crippen LogP contribution is -2.19. The Morgan fingerprint density at radius 3 is 1.89 bits per heavy atom. The molecule has 0 radical (unpaired) electrons. The van der Waals surface area contributed by atoms with Crippen LogP contribution in [0.4, 0.5) is 38.9 Å². The lowest BCUT2D eigenvalue weighted by Gasteiger charge is -2.06. The SMILES string of the molecule is NC(=O)Nc1cc(N)ccc1N=Nc1ccc(N=Nc2ccccc2)cc1. The molecule has 8 nitrogen and oxygen atoms in total. The summed E-state index contributed by atoms with van der Waals surface area (Å²) in [7, 11) is 0. The van der Waals surface area contributed by atoms with Crippen LogP contribution in [0.15, 0.2) is 93.3 Å². The van der Waals surface area contributed by atoms with Gasteiger partial charge in [-0.25, -0.2) is 4.79 Å². The zero-order valence-electron chi connectivity index (χ0n) is 14.3. The summed E-state index contributed by atoms with van der Waals surface area (Å²) in [4.78, 5) is 11.1. The van der Waals surface area contributed by atoms with Crippen LogP contribution >= 0.6 is 0 Å². The number of urea groups is 1. The van der Waals surface area contributed by atoms with Crippen LogP contribution < -0.4 is 16.8 Å². The first-order valence-corrected chi connectivity index (χ1v) is 8.05. The number of primary amides is 1. The molecule has 0 aromatic heterocycles. The quantitative estimate of drug-likeness (QED) is 0.405. The summed E-state index contributed by atoms with van der Waals surface area (Å²) in [5, 5.41) is 19.1. The van der Waals surface area contributed by atoms with E-state index in [0.717, 1.165) is 5.69 Å². The number of amides is 2. The van der Waals surface area contributed by atoms with Crippen molar-refractivity contribution in [3.05, 3.63) is 72.8 Å². The van der Waals surface area contributed by atoms with Crippen molar-refractivity contribution in [3.63, 3.8) is 0 Å². The molecule has 0 spiro atoms. The van der Waals surface area contributed by atoms with Crippen molar-refractivity contribution in [1.29, 1.82) is 0 Å². The number of anilines is 2. The Labute approximate surface area is 155 Å². The molecule has 0 aliphatic rings. The van der Waals surface area contributed by atoms with Gasteiger partial charge in [0.05, 0.1) is 22.7 Å². The van der Waals surface area contributed by atoms with E-state index >= 15 is 0 Å². The summed E-state index contributed by atoms with van der Waals surface area (Å²) in [6, 6.07) is 20.7. The van der Waals surface area contributed by atoms with E-state index in [9.17, 15) is 4.79 Å². The zero-order valence-corrected chi connectivity index (χ0v) is 14.3. The van der Waals surface area contributed by atoms with E-state index in [1.165, 1.54) is 0 Å². The number of nitrogens with one attached hydrogen (secondary N) is 1. The number of carbonyl (C=O) groups is 1. The average Bonchev–Trinajstić information content (AvgIpc) is 2.67. The van der Waals surface area contributed by atoms with Crippen molar-refractivity contribution in [1.82, 2.24) is 0 Å². The maximum absolute atomic E-state index is 11.1. The zero-order chi connectivity index (χ0) is 19.1. The third-order valence-corrected chi connectivity index (χ3v) is 3.44. The molecule has 3 aromatic carbocycles. The predicted octanol–water partition coefficient (Wildman–Crippen LogP) is 5.59. The van der Waals surface area contributed by atoms with Crippen LogP contribution in [0.3, 0.4) is 0 Å². The van der Waals surface area contributed by atoms with E-state index in [4.69, 9.17) is 11.5 Å². The molecule has 27 heavy (non-hydrogen) atoms. The molecule has 0 saturated carbocycles. The molecule has 0 unspecified atom stereocenters. The molecule has 0 saturated heterocycles. The normalized spacial score (nSPS) is 11.1. The molecular formula is C19H17N7O. The minimum Gasteiger partial charge on any atom is -0.399 e. The number of hydrogen-bond donors (Lipinski definition) is 3. The summed E-state index contributed by atoms with van der Waals surface area (Å²) in [5.41, 5.74) is 14.3.